The van der Waals surface area contributed by atoms with Crippen LogP contribution in [-0.4, -0.2) is 12.1 Å². The van der Waals surface area contributed by atoms with Gasteiger partial charge >= 0.3 is 0 Å². The summed E-state index contributed by atoms with van der Waals surface area (Å²) < 4.78 is 0. The van der Waals surface area contributed by atoms with Gasteiger partial charge in [0.1, 0.15) is 6.29 Å². The first-order chi connectivity index (χ1) is 7.81. The maximum absolute atomic E-state index is 11.9. The second-order valence-corrected chi connectivity index (χ2v) is 4.48. The number of hydrogen-bond donors (Lipinski definition) is 0. The third-order valence-electron chi connectivity index (χ3n) is 3.44. The van der Waals surface area contributed by atoms with Crippen molar-refractivity contribution in [1.29, 1.82) is 0 Å². The molecule has 1 aromatic rings. The van der Waals surface area contributed by atoms with Gasteiger partial charge < -0.3 is 4.79 Å². The summed E-state index contributed by atoms with van der Waals surface area (Å²) >= 11 is 0. The zero-order valence-corrected chi connectivity index (χ0v) is 9.26. The zero-order chi connectivity index (χ0) is 11.4. The Morgan fingerprint density at radius 1 is 1.25 bits per heavy atom. The third-order valence-corrected chi connectivity index (χ3v) is 3.44. The van der Waals surface area contributed by atoms with Crippen LogP contribution in [0.15, 0.2) is 30.3 Å². The van der Waals surface area contributed by atoms with Crippen molar-refractivity contribution < 1.29 is 9.59 Å². The van der Waals surface area contributed by atoms with E-state index in [4.69, 9.17) is 0 Å². The van der Waals surface area contributed by atoms with Crippen LogP contribution < -0.4 is 0 Å². The van der Waals surface area contributed by atoms with Crippen LogP contribution in [0.1, 0.15) is 36.0 Å². The molecule has 2 atom stereocenters. The molecule has 0 unspecified atom stereocenters. The van der Waals surface area contributed by atoms with Crippen molar-refractivity contribution in [2.24, 2.45) is 11.8 Å². The maximum atomic E-state index is 11.9. The molecule has 1 fully saturated rings. The van der Waals surface area contributed by atoms with Crippen LogP contribution in [0.5, 0.6) is 0 Å². The van der Waals surface area contributed by atoms with Crippen molar-refractivity contribution in [2.75, 3.05) is 0 Å². The molecule has 1 aliphatic rings. The highest BCUT2D eigenvalue weighted by atomic mass is 16.1. The van der Waals surface area contributed by atoms with Gasteiger partial charge in [0.25, 0.3) is 0 Å². The zero-order valence-electron chi connectivity index (χ0n) is 9.26. The fourth-order valence-corrected chi connectivity index (χ4v) is 2.48. The van der Waals surface area contributed by atoms with Gasteiger partial charge in [-0.25, -0.2) is 0 Å². The van der Waals surface area contributed by atoms with Gasteiger partial charge in [-0.3, -0.25) is 4.79 Å². The monoisotopic (exact) mass is 216 g/mol. The molecule has 0 amide bonds. The average Bonchev–Trinajstić information content (AvgIpc) is 2.77. The van der Waals surface area contributed by atoms with Gasteiger partial charge in [0.05, 0.1) is 0 Å². The van der Waals surface area contributed by atoms with E-state index in [1.165, 1.54) is 0 Å². The molecular formula is C14H16O2. The molecule has 2 rings (SSSR count). The SMILES string of the molecule is O=C[C@H]1CCC[C@@H]1CC(=O)c1ccccc1. The van der Waals surface area contributed by atoms with Crippen molar-refractivity contribution in [2.45, 2.75) is 25.7 Å². The van der Waals surface area contributed by atoms with Crippen molar-refractivity contribution in [3.63, 3.8) is 0 Å². The minimum atomic E-state index is 0.104. The fourth-order valence-electron chi connectivity index (χ4n) is 2.48. The molecule has 0 aromatic heterocycles. The Morgan fingerprint density at radius 2 is 2.00 bits per heavy atom. The number of ketones is 1. The number of carbonyl (C=O) groups is 2. The lowest BCUT2D eigenvalue weighted by molar-refractivity contribution is -0.111. The molecule has 2 nitrogen and oxygen atoms in total. The van der Waals surface area contributed by atoms with Crippen LogP contribution in [0.25, 0.3) is 0 Å². The normalized spacial score (nSPS) is 24.2. The molecule has 84 valence electrons. The van der Waals surface area contributed by atoms with E-state index in [9.17, 15) is 9.59 Å². The highest BCUT2D eigenvalue weighted by molar-refractivity contribution is 5.96. The van der Waals surface area contributed by atoms with E-state index in [1.54, 1.807) is 0 Å². The second-order valence-electron chi connectivity index (χ2n) is 4.48. The molecule has 0 aliphatic heterocycles. The largest absolute Gasteiger partial charge is 0.303 e. The van der Waals surface area contributed by atoms with E-state index in [-0.39, 0.29) is 17.6 Å². The first kappa shape index (κ1) is 11.1. The van der Waals surface area contributed by atoms with Crippen LogP contribution >= 0.6 is 0 Å². The molecule has 2 heteroatoms. The molecule has 0 N–H and O–H groups in total. The maximum Gasteiger partial charge on any atom is 0.163 e. The van der Waals surface area contributed by atoms with E-state index < -0.39 is 0 Å². The molecule has 0 heterocycles. The van der Waals surface area contributed by atoms with Gasteiger partial charge in [0, 0.05) is 17.9 Å². The number of hydrogen-bond acceptors (Lipinski definition) is 2. The van der Waals surface area contributed by atoms with Gasteiger partial charge in [-0.2, -0.15) is 0 Å². The standard InChI is InChI=1S/C14H16O2/c15-10-13-8-4-7-12(13)9-14(16)11-5-2-1-3-6-11/h1-3,5-6,10,12-13H,4,7-9H2/t12-,13-/m1/s1. The summed E-state index contributed by atoms with van der Waals surface area (Å²) in [6.45, 7) is 0. The Kier molecular flexibility index (Phi) is 3.50. The lowest BCUT2D eigenvalue weighted by Gasteiger charge is -2.12. The molecule has 1 saturated carbocycles. The first-order valence-corrected chi connectivity index (χ1v) is 5.85. The lowest BCUT2D eigenvalue weighted by Crippen LogP contribution is -2.14. The fraction of sp³-hybridized carbons (Fsp3) is 0.429. The van der Waals surface area contributed by atoms with Crippen LogP contribution in [-0.2, 0) is 4.79 Å². The van der Waals surface area contributed by atoms with Crippen molar-refractivity contribution >= 4 is 12.1 Å². The molecule has 1 aromatic carbocycles. The summed E-state index contributed by atoms with van der Waals surface area (Å²) in [4.78, 5) is 22.8. The van der Waals surface area contributed by atoms with Gasteiger partial charge in [-0.05, 0) is 18.8 Å². The first-order valence-electron chi connectivity index (χ1n) is 5.85. The molecular weight excluding hydrogens is 200 g/mol. The number of rotatable bonds is 4. The smallest absolute Gasteiger partial charge is 0.163 e. The van der Waals surface area contributed by atoms with Gasteiger partial charge in [0.2, 0.25) is 0 Å². The summed E-state index contributed by atoms with van der Waals surface area (Å²) in [7, 11) is 0. The predicted molar refractivity (Wildman–Crippen MR) is 62.3 cm³/mol. The number of Topliss-reactive ketones (excluding diaryl/α,β-unsaturated/α-hetero) is 1. The summed E-state index contributed by atoms with van der Waals surface area (Å²) in [5.74, 6) is 0.539. The summed E-state index contributed by atoms with van der Waals surface area (Å²) in [5, 5.41) is 0. The number of benzene rings is 1. The molecule has 0 spiro atoms. The van der Waals surface area contributed by atoms with E-state index >= 15 is 0 Å². The average molecular weight is 216 g/mol. The molecule has 1 aliphatic carbocycles. The number of carbonyl (C=O) groups excluding carboxylic acids is 2. The van der Waals surface area contributed by atoms with Crippen LogP contribution in [0, 0.1) is 11.8 Å². The molecule has 0 bridgehead atoms. The quantitative estimate of drug-likeness (QED) is 0.573. The van der Waals surface area contributed by atoms with Crippen LogP contribution in [0.2, 0.25) is 0 Å². The van der Waals surface area contributed by atoms with E-state index in [0.717, 1.165) is 31.1 Å². The predicted octanol–water partition coefficient (Wildman–Crippen LogP) is 2.87. The van der Waals surface area contributed by atoms with Gasteiger partial charge in [-0.1, -0.05) is 36.8 Å². The highest BCUT2D eigenvalue weighted by Gasteiger charge is 2.28. The lowest BCUT2D eigenvalue weighted by atomic mass is 9.90. The Labute approximate surface area is 95.7 Å². The van der Waals surface area contributed by atoms with Crippen molar-refractivity contribution in [3.05, 3.63) is 35.9 Å². The minimum absolute atomic E-state index is 0.104. The van der Waals surface area contributed by atoms with Gasteiger partial charge in [-0.15, -0.1) is 0 Å². The summed E-state index contributed by atoms with van der Waals surface area (Å²) in [5.41, 5.74) is 0.763. The van der Waals surface area contributed by atoms with E-state index in [0.29, 0.717) is 6.42 Å². The molecule has 0 saturated heterocycles. The summed E-state index contributed by atoms with van der Waals surface area (Å²) in [6, 6.07) is 9.33. The summed E-state index contributed by atoms with van der Waals surface area (Å²) in [6.07, 6.45) is 4.59. The van der Waals surface area contributed by atoms with E-state index in [2.05, 4.69) is 0 Å². The Morgan fingerprint density at radius 3 is 2.69 bits per heavy atom. The van der Waals surface area contributed by atoms with Gasteiger partial charge in [0.15, 0.2) is 5.78 Å². The molecule has 16 heavy (non-hydrogen) atoms. The second kappa shape index (κ2) is 5.06. The Balaban J connectivity index is 2.00. The van der Waals surface area contributed by atoms with E-state index in [1.807, 2.05) is 30.3 Å². The van der Waals surface area contributed by atoms with Crippen molar-refractivity contribution in [3.8, 4) is 0 Å². The highest BCUT2D eigenvalue weighted by Crippen LogP contribution is 2.33. The minimum Gasteiger partial charge on any atom is -0.303 e. The topological polar surface area (TPSA) is 34.1 Å². The third kappa shape index (κ3) is 2.38. The van der Waals surface area contributed by atoms with Crippen LogP contribution in [0.4, 0.5) is 0 Å². The van der Waals surface area contributed by atoms with Crippen LogP contribution in [0.3, 0.4) is 0 Å². The Bertz CT molecular complexity index is 370. The Hall–Kier alpha value is -1.44. The number of aldehydes is 1. The molecule has 0 radical (unpaired) electrons. The van der Waals surface area contributed by atoms with Crippen molar-refractivity contribution in [1.82, 2.24) is 0 Å².